The van der Waals surface area contributed by atoms with Crippen LogP contribution in [0.2, 0.25) is 5.02 Å². The number of rotatable bonds is 4. The second-order valence-electron chi connectivity index (χ2n) is 7.10. The predicted molar refractivity (Wildman–Crippen MR) is 114 cm³/mol. The van der Waals surface area contributed by atoms with Gasteiger partial charge in [0.1, 0.15) is 6.04 Å². The molecule has 7 nitrogen and oxygen atoms in total. The van der Waals surface area contributed by atoms with Gasteiger partial charge in [-0.05, 0) is 61.2 Å². The Morgan fingerprint density at radius 2 is 2.00 bits per heavy atom. The van der Waals surface area contributed by atoms with E-state index in [-0.39, 0.29) is 18.0 Å². The number of halogens is 1. The fraction of sp³-hybridized carbons (Fsp3) is 0.227. The standard InChI is InChI=1S/C22H19ClN6O/c23-17-9-7-15(8-10-17)19-12-20(29-28-19)26-22(25-18-5-2-6-18)27-21(30)16-4-1-3-14(11-16)13-24/h1,3-4,7-12,18-19H,2,5-6H2,(H2,25,26,27,30). The van der Waals surface area contributed by atoms with E-state index < -0.39 is 0 Å². The van der Waals surface area contributed by atoms with Gasteiger partial charge in [0, 0.05) is 10.6 Å². The number of nitrogens with zero attached hydrogens (tertiary/aromatic N) is 4. The molecule has 30 heavy (non-hydrogen) atoms. The number of carbonyl (C=O) groups excluding carboxylic acids is 1. The first-order valence-corrected chi connectivity index (χ1v) is 10.0. The van der Waals surface area contributed by atoms with Crippen molar-refractivity contribution in [3.05, 3.63) is 82.1 Å². The Kier molecular flexibility index (Phi) is 5.87. The Balaban J connectivity index is 1.49. The molecule has 8 heteroatoms. The molecule has 0 aromatic heterocycles. The van der Waals surface area contributed by atoms with Gasteiger partial charge in [-0.1, -0.05) is 29.8 Å². The summed E-state index contributed by atoms with van der Waals surface area (Å²) in [5.41, 5.74) is 1.78. The van der Waals surface area contributed by atoms with Crippen LogP contribution in [0, 0.1) is 11.3 Å². The van der Waals surface area contributed by atoms with Crippen LogP contribution in [-0.2, 0) is 0 Å². The van der Waals surface area contributed by atoms with Crippen LogP contribution in [0.25, 0.3) is 0 Å². The van der Waals surface area contributed by atoms with Gasteiger partial charge in [-0.2, -0.15) is 10.4 Å². The predicted octanol–water partition coefficient (Wildman–Crippen LogP) is 4.49. The highest BCUT2D eigenvalue weighted by Crippen LogP contribution is 2.27. The molecule has 2 N–H and O–H groups in total. The molecule has 0 radical (unpaired) electrons. The van der Waals surface area contributed by atoms with Crippen molar-refractivity contribution >= 4 is 23.5 Å². The molecule has 0 saturated heterocycles. The average molecular weight is 419 g/mol. The van der Waals surface area contributed by atoms with Crippen molar-refractivity contribution in [2.24, 2.45) is 15.2 Å². The molecule has 2 aromatic rings. The maximum absolute atomic E-state index is 12.7. The van der Waals surface area contributed by atoms with Gasteiger partial charge in [-0.25, -0.2) is 4.99 Å². The quantitative estimate of drug-likeness (QED) is 0.564. The zero-order valence-electron chi connectivity index (χ0n) is 16.0. The molecule has 1 heterocycles. The number of azo groups is 1. The number of aliphatic imine (C=N–C) groups is 1. The zero-order valence-corrected chi connectivity index (χ0v) is 16.8. The highest BCUT2D eigenvalue weighted by atomic mass is 35.5. The molecule has 0 bridgehead atoms. The third-order valence-electron chi connectivity index (χ3n) is 4.94. The minimum Gasteiger partial charge on any atom is -0.309 e. The van der Waals surface area contributed by atoms with Crippen LogP contribution >= 0.6 is 11.6 Å². The number of hydrogen-bond acceptors (Lipinski definition) is 5. The zero-order chi connectivity index (χ0) is 20.9. The normalized spacial score (nSPS) is 18.3. The van der Waals surface area contributed by atoms with Crippen LogP contribution in [0.5, 0.6) is 0 Å². The summed E-state index contributed by atoms with van der Waals surface area (Å²) >= 11 is 5.95. The molecule has 2 aromatic carbocycles. The van der Waals surface area contributed by atoms with Gasteiger partial charge in [0.15, 0.2) is 5.82 Å². The Morgan fingerprint density at radius 1 is 1.20 bits per heavy atom. The van der Waals surface area contributed by atoms with Crippen molar-refractivity contribution in [3.8, 4) is 6.07 Å². The van der Waals surface area contributed by atoms with E-state index in [4.69, 9.17) is 16.9 Å². The van der Waals surface area contributed by atoms with Crippen molar-refractivity contribution in [2.75, 3.05) is 0 Å². The fourth-order valence-electron chi connectivity index (χ4n) is 3.06. The monoisotopic (exact) mass is 418 g/mol. The van der Waals surface area contributed by atoms with E-state index in [1.54, 1.807) is 24.3 Å². The lowest BCUT2D eigenvalue weighted by Crippen LogP contribution is -2.41. The lowest BCUT2D eigenvalue weighted by atomic mass is 9.94. The summed E-state index contributed by atoms with van der Waals surface area (Å²) in [6, 6.07) is 15.9. The maximum atomic E-state index is 12.7. The van der Waals surface area contributed by atoms with E-state index in [9.17, 15) is 4.79 Å². The highest BCUT2D eigenvalue weighted by Gasteiger charge is 2.21. The highest BCUT2D eigenvalue weighted by molar-refractivity contribution is 6.30. The first kappa shape index (κ1) is 19.8. The summed E-state index contributed by atoms with van der Waals surface area (Å²) in [7, 11) is 0. The van der Waals surface area contributed by atoms with E-state index >= 15 is 0 Å². The molecule has 1 unspecified atom stereocenters. The number of hydrogen-bond donors (Lipinski definition) is 2. The maximum Gasteiger partial charge on any atom is 0.258 e. The van der Waals surface area contributed by atoms with Gasteiger partial charge < -0.3 is 5.32 Å². The topological polar surface area (TPSA) is 102 Å². The molecule has 150 valence electrons. The molecule has 1 atom stereocenters. The van der Waals surface area contributed by atoms with Gasteiger partial charge in [0.25, 0.3) is 5.91 Å². The fourth-order valence-corrected chi connectivity index (χ4v) is 3.18. The summed E-state index contributed by atoms with van der Waals surface area (Å²) in [4.78, 5) is 17.3. The Morgan fingerprint density at radius 3 is 2.70 bits per heavy atom. The molecule has 1 saturated carbocycles. The molecule has 0 spiro atoms. The Hall–Kier alpha value is -3.50. The first-order valence-electron chi connectivity index (χ1n) is 9.65. The lowest BCUT2D eigenvalue weighted by Gasteiger charge is -2.22. The largest absolute Gasteiger partial charge is 0.309 e. The van der Waals surface area contributed by atoms with Crippen molar-refractivity contribution < 1.29 is 4.79 Å². The van der Waals surface area contributed by atoms with Crippen LogP contribution in [0.3, 0.4) is 0 Å². The van der Waals surface area contributed by atoms with Crippen molar-refractivity contribution in [1.82, 2.24) is 10.6 Å². The van der Waals surface area contributed by atoms with Crippen molar-refractivity contribution in [2.45, 2.75) is 31.3 Å². The first-order chi connectivity index (χ1) is 14.6. The van der Waals surface area contributed by atoms with Crippen molar-refractivity contribution in [3.63, 3.8) is 0 Å². The summed E-state index contributed by atoms with van der Waals surface area (Å²) in [5, 5.41) is 24.0. The second-order valence-corrected chi connectivity index (χ2v) is 7.53. The molecule has 1 amide bonds. The molecule has 2 aliphatic rings. The second kappa shape index (κ2) is 8.89. The van der Waals surface area contributed by atoms with Crippen LogP contribution in [0.15, 0.2) is 75.6 Å². The minimum atomic E-state index is -0.345. The van der Waals surface area contributed by atoms with Crippen molar-refractivity contribution in [1.29, 1.82) is 5.26 Å². The van der Waals surface area contributed by atoms with Gasteiger partial charge in [-0.3, -0.25) is 10.1 Å². The molecule has 1 aliphatic carbocycles. The molecule has 1 aliphatic heterocycles. The number of guanidine groups is 1. The summed E-state index contributed by atoms with van der Waals surface area (Å²) in [6.07, 6.45) is 4.96. The van der Waals surface area contributed by atoms with E-state index in [1.165, 1.54) is 0 Å². The lowest BCUT2D eigenvalue weighted by molar-refractivity contribution is 0.0975. The summed E-state index contributed by atoms with van der Waals surface area (Å²) in [6.45, 7) is 0. The number of nitriles is 1. The summed E-state index contributed by atoms with van der Waals surface area (Å²) < 4.78 is 0. The number of benzene rings is 2. The SMILES string of the molecule is N#Cc1cccc(C(=O)NC(=NC2CCC2)NC2=CC(c3ccc(Cl)cc3)N=N2)c1. The number of amides is 1. The Bertz CT molecular complexity index is 1080. The minimum absolute atomic E-state index is 0.171. The third kappa shape index (κ3) is 4.73. The molecule has 4 rings (SSSR count). The van der Waals surface area contributed by atoms with E-state index in [2.05, 4.69) is 25.9 Å². The third-order valence-corrected chi connectivity index (χ3v) is 5.19. The molecular weight excluding hydrogens is 400 g/mol. The van der Waals surface area contributed by atoms with Crippen LogP contribution in [0.4, 0.5) is 0 Å². The number of carbonyl (C=O) groups is 1. The van der Waals surface area contributed by atoms with Gasteiger partial charge in [0.05, 0.1) is 17.7 Å². The molecule has 1 fully saturated rings. The Labute approximate surface area is 179 Å². The van der Waals surface area contributed by atoms with E-state index in [1.807, 2.05) is 36.4 Å². The van der Waals surface area contributed by atoms with E-state index in [0.29, 0.717) is 27.9 Å². The molecular formula is C22H19ClN6O. The van der Waals surface area contributed by atoms with Gasteiger partial charge in [0.2, 0.25) is 5.96 Å². The van der Waals surface area contributed by atoms with Crippen LogP contribution in [-0.4, -0.2) is 17.9 Å². The average Bonchev–Trinajstić information content (AvgIpc) is 3.19. The smallest absolute Gasteiger partial charge is 0.258 e. The number of nitrogens with one attached hydrogen (secondary N) is 2. The summed E-state index contributed by atoms with van der Waals surface area (Å²) in [5.74, 6) is 0.496. The van der Waals surface area contributed by atoms with Gasteiger partial charge in [-0.15, -0.1) is 5.11 Å². The van der Waals surface area contributed by atoms with E-state index in [0.717, 1.165) is 24.8 Å². The van der Waals surface area contributed by atoms with Gasteiger partial charge >= 0.3 is 0 Å². The van der Waals surface area contributed by atoms with Crippen LogP contribution in [0.1, 0.15) is 46.8 Å². The van der Waals surface area contributed by atoms with Crippen LogP contribution < -0.4 is 10.6 Å².